The summed E-state index contributed by atoms with van der Waals surface area (Å²) in [5.41, 5.74) is 7.55. The number of carbonyl (C=O) groups excluding carboxylic acids is 1. The SMILES string of the molecule is CCN(C(=O)c1ccccc1CCN)C1CCCC1. The van der Waals surface area contributed by atoms with Crippen molar-refractivity contribution in [1.29, 1.82) is 0 Å². The van der Waals surface area contributed by atoms with Crippen LogP contribution in [0.3, 0.4) is 0 Å². The lowest BCUT2D eigenvalue weighted by Crippen LogP contribution is -2.39. The highest BCUT2D eigenvalue weighted by Gasteiger charge is 2.26. The zero-order valence-electron chi connectivity index (χ0n) is 11.8. The fourth-order valence-electron chi connectivity index (χ4n) is 3.04. The van der Waals surface area contributed by atoms with Crippen molar-refractivity contribution in [2.75, 3.05) is 13.1 Å². The average Bonchev–Trinajstić information content (AvgIpc) is 2.94. The highest BCUT2D eigenvalue weighted by Crippen LogP contribution is 2.25. The molecule has 1 amide bonds. The summed E-state index contributed by atoms with van der Waals surface area (Å²) in [5, 5.41) is 0. The van der Waals surface area contributed by atoms with Gasteiger partial charge in [-0.05, 0) is 44.4 Å². The summed E-state index contributed by atoms with van der Waals surface area (Å²) in [6.07, 6.45) is 5.57. The predicted octanol–water partition coefficient (Wildman–Crippen LogP) is 2.59. The molecule has 1 fully saturated rings. The van der Waals surface area contributed by atoms with Crippen LogP contribution in [0.2, 0.25) is 0 Å². The second-order valence-corrected chi connectivity index (χ2v) is 5.23. The molecule has 1 saturated carbocycles. The zero-order chi connectivity index (χ0) is 13.7. The fraction of sp³-hybridized carbons (Fsp3) is 0.562. The molecule has 0 unspecified atom stereocenters. The average molecular weight is 260 g/mol. The Morgan fingerprint density at radius 1 is 1.32 bits per heavy atom. The van der Waals surface area contributed by atoms with Gasteiger partial charge in [-0.15, -0.1) is 0 Å². The van der Waals surface area contributed by atoms with Gasteiger partial charge in [0.25, 0.3) is 5.91 Å². The molecule has 1 aromatic rings. The monoisotopic (exact) mass is 260 g/mol. The van der Waals surface area contributed by atoms with E-state index >= 15 is 0 Å². The third-order valence-electron chi connectivity index (χ3n) is 4.03. The van der Waals surface area contributed by atoms with Crippen molar-refractivity contribution in [2.45, 2.75) is 45.1 Å². The van der Waals surface area contributed by atoms with Crippen LogP contribution in [0.5, 0.6) is 0 Å². The zero-order valence-corrected chi connectivity index (χ0v) is 11.8. The van der Waals surface area contributed by atoms with Gasteiger partial charge in [0.05, 0.1) is 0 Å². The van der Waals surface area contributed by atoms with Gasteiger partial charge in [-0.1, -0.05) is 31.0 Å². The molecular weight excluding hydrogens is 236 g/mol. The number of nitrogens with zero attached hydrogens (tertiary/aromatic N) is 1. The van der Waals surface area contributed by atoms with Crippen molar-refractivity contribution in [1.82, 2.24) is 4.90 Å². The summed E-state index contributed by atoms with van der Waals surface area (Å²) in [7, 11) is 0. The second kappa shape index (κ2) is 6.71. The van der Waals surface area contributed by atoms with E-state index in [0.29, 0.717) is 12.6 Å². The van der Waals surface area contributed by atoms with E-state index in [-0.39, 0.29) is 5.91 Å². The number of benzene rings is 1. The summed E-state index contributed by atoms with van der Waals surface area (Å²) in [4.78, 5) is 14.8. The Morgan fingerprint density at radius 3 is 2.63 bits per heavy atom. The van der Waals surface area contributed by atoms with E-state index in [0.717, 1.165) is 36.9 Å². The van der Waals surface area contributed by atoms with E-state index in [1.807, 2.05) is 29.2 Å². The Morgan fingerprint density at radius 2 is 2.00 bits per heavy atom. The number of hydrogen-bond donors (Lipinski definition) is 1. The molecule has 104 valence electrons. The van der Waals surface area contributed by atoms with Gasteiger partial charge < -0.3 is 10.6 Å². The first-order chi connectivity index (χ1) is 9.27. The molecule has 2 N–H and O–H groups in total. The van der Waals surface area contributed by atoms with E-state index in [4.69, 9.17) is 5.73 Å². The van der Waals surface area contributed by atoms with Crippen LogP contribution in [0.4, 0.5) is 0 Å². The standard InChI is InChI=1S/C16H24N2O/c1-2-18(14-8-4-5-9-14)16(19)15-10-6-3-7-13(15)11-12-17/h3,6-7,10,14H,2,4-5,8-9,11-12,17H2,1H3. The highest BCUT2D eigenvalue weighted by atomic mass is 16.2. The second-order valence-electron chi connectivity index (χ2n) is 5.23. The van der Waals surface area contributed by atoms with Crippen molar-refractivity contribution in [2.24, 2.45) is 5.73 Å². The molecule has 3 nitrogen and oxygen atoms in total. The number of amides is 1. The largest absolute Gasteiger partial charge is 0.336 e. The van der Waals surface area contributed by atoms with Gasteiger partial charge in [-0.2, -0.15) is 0 Å². The van der Waals surface area contributed by atoms with Crippen LogP contribution in [0.1, 0.15) is 48.5 Å². The lowest BCUT2D eigenvalue weighted by Gasteiger charge is -2.28. The van der Waals surface area contributed by atoms with Crippen molar-refractivity contribution in [3.63, 3.8) is 0 Å². The van der Waals surface area contributed by atoms with E-state index in [1.54, 1.807) is 0 Å². The minimum atomic E-state index is 0.179. The van der Waals surface area contributed by atoms with Gasteiger partial charge in [-0.3, -0.25) is 4.79 Å². The Bertz CT molecular complexity index is 425. The van der Waals surface area contributed by atoms with Gasteiger partial charge in [0.1, 0.15) is 0 Å². The van der Waals surface area contributed by atoms with Crippen molar-refractivity contribution < 1.29 is 4.79 Å². The molecule has 2 rings (SSSR count). The summed E-state index contributed by atoms with van der Waals surface area (Å²) >= 11 is 0. The maximum atomic E-state index is 12.7. The fourth-order valence-corrected chi connectivity index (χ4v) is 3.04. The van der Waals surface area contributed by atoms with Gasteiger partial charge in [-0.25, -0.2) is 0 Å². The Kier molecular flexibility index (Phi) is 4.97. The summed E-state index contributed by atoms with van der Waals surface area (Å²) in [6, 6.07) is 8.31. The Hall–Kier alpha value is -1.35. The molecule has 0 aliphatic heterocycles. The lowest BCUT2D eigenvalue weighted by atomic mass is 10.0. The number of hydrogen-bond acceptors (Lipinski definition) is 2. The molecule has 0 radical (unpaired) electrons. The molecule has 0 heterocycles. The van der Waals surface area contributed by atoms with Crippen molar-refractivity contribution in [3.8, 4) is 0 Å². The molecule has 1 aliphatic rings. The van der Waals surface area contributed by atoms with Crippen molar-refractivity contribution in [3.05, 3.63) is 35.4 Å². The third-order valence-corrected chi connectivity index (χ3v) is 4.03. The van der Waals surface area contributed by atoms with Crippen LogP contribution in [-0.2, 0) is 6.42 Å². The van der Waals surface area contributed by atoms with Crippen LogP contribution < -0.4 is 5.73 Å². The van der Waals surface area contributed by atoms with Crippen LogP contribution in [0.25, 0.3) is 0 Å². The maximum absolute atomic E-state index is 12.7. The molecule has 1 aliphatic carbocycles. The van der Waals surface area contributed by atoms with E-state index < -0.39 is 0 Å². The summed E-state index contributed by atoms with van der Waals surface area (Å²) in [5.74, 6) is 0.179. The minimum Gasteiger partial charge on any atom is -0.336 e. The molecule has 1 aromatic carbocycles. The molecule has 0 atom stereocenters. The Balaban J connectivity index is 2.21. The molecule has 0 saturated heterocycles. The minimum absolute atomic E-state index is 0.179. The van der Waals surface area contributed by atoms with Gasteiger partial charge in [0.2, 0.25) is 0 Å². The molecular formula is C16H24N2O. The van der Waals surface area contributed by atoms with Gasteiger partial charge in [0, 0.05) is 18.2 Å². The van der Waals surface area contributed by atoms with Crippen LogP contribution in [0, 0.1) is 0 Å². The number of nitrogens with two attached hydrogens (primary N) is 1. The molecule has 0 bridgehead atoms. The van der Waals surface area contributed by atoms with E-state index in [1.165, 1.54) is 12.8 Å². The Labute approximate surface area is 115 Å². The molecule has 3 heteroatoms. The van der Waals surface area contributed by atoms with Crippen LogP contribution >= 0.6 is 0 Å². The number of carbonyl (C=O) groups is 1. The smallest absolute Gasteiger partial charge is 0.254 e. The first kappa shape index (κ1) is 14.1. The molecule has 0 aromatic heterocycles. The lowest BCUT2D eigenvalue weighted by molar-refractivity contribution is 0.0692. The van der Waals surface area contributed by atoms with Crippen molar-refractivity contribution >= 4 is 5.91 Å². The maximum Gasteiger partial charge on any atom is 0.254 e. The molecule has 0 spiro atoms. The van der Waals surface area contributed by atoms with Gasteiger partial charge >= 0.3 is 0 Å². The first-order valence-corrected chi connectivity index (χ1v) is 7.36. The third kappa shape index (κ3) is 3.16. The van der Waals surface area contributed by atoms with Crippen LogP contribution in [0.15, 0.2) is 24.3 Å². The predicted molar refractivity (Wildman–Crippen MR) is 78.2 cm³/mol. The summed E-state index contributed by atoms with van der Waals surface area (Å²) < 4.78 is 0. The molecule has 19 heavy (non-hydrogen) atoms. The topological polar surface area (TPSA) is 46.3 Å². The highest BCUT2D eigenvalue weighted by molar-refractivity contribution is 5.96. The van der Waals surface area contributed by atoms with Crippen LogP contribution in [-0.4, -0.2) is 29.9 Å². The van der Waals surface area contributed by atoms with E-state index in [2.05, 4.69) is 6.92 Å². The van der Waals surface area contributed by atoms with E-state index in [9.17, 15) is 4.79 Å². The summed E-state index contributed by atoms with van der Waals surface area (Å²) in [6.45, 7) is 3.45. The van der Waals surface area contributed by atoms with Gasteiger partial charge in [0.15, 0.2) is 0 Å². The first-order valence-electron chi connectivity index (χ1n) is 7.36. The quantitative estimate of drug-likeness (QED) is 0.884. The normalized spacial score (nSPS) is 15.7. The number of rotatable bonds is 5.